The van der Waals surface area contributed by atoms with Crippen LogP contribution in [0.25, 0.3) is 11.5 Å². The van der Waals surface area contributed by atoms with Crippen LogP contribution in [0.3, 0.4) is 0 Å². The van der Waals surface area contributed by atoms with E-state index in [0.29, 0.717) is 17.3 Å². The van der Waals surface area contributed by atoms with E-state index >= 15 is 4.39 Å². The first-order valence-electron chi connectivity index (χ1n) is 10.7. The molecule has 0 spiro atoms. The molecule has 36 heavy (non-hydrogen) atoms. The SMILES string of the molecule is Cc1cnc(-n2ccc(C(C)(C)O)n2)c(F)c1-n1c(C)cc(OCc2ncc(F)cc2F)c(Cl)c1=O. The number of nitrogens with zero attached hydrogens (tertiary/aromatic N) is 5. The van der Waals surface area contributed by atoms with Crippen molar-refractivity contribution < 1.29 is 23.0 Å². The van der Waals surface area contributed by atoms with Crippen molar-refractivity contribution in [1.29, 1.82) is 0 Å². The molecule has 12 heteroatoms. The zero-order valence-electron chi connectivity index (χ0n) is 19.7. The normalized spacial score (nSPS) is 11.7. The molecule has 4 aromatic heterocycles. The molecular formula is C24H21ClF3N5O3. The fourth-order valence-electron chi connectivity index (χ4n) is 3.52. The molecule has 0 fully saturated rings. The minimum Gasteiger partial charge on any atom is -0.485 e. The fourth-order valence-corrected chi connectivity index (χ4v) is 3.71. The van der Waals surface area contributed by atoms with E-state index in [9.17, 15) is 18.7 Å². The molecule has 8 nitrogen and oxygen atoms in total. The van der Waals surface area contributed by atoms with E-state index in [1.165, 1.54) is 24.5 Å². The van der Waals surface area contributed by atoms with Gasteiger partial charge >= 0.3 is 0 Å². The molecule has 4 aromatic rings. The molecule has 0 bridgehead atoms. The van der Waals surface area contributed by atoms with E-state index in [0.717, 1.165) is 15.4 Å². The first-order chi connectivity index (χ1) is 16.9. The molecule has 0 aliphatic carbocycles. The lowest BCUT2D eigenvalue weighted by molar-refractivity contribution is 0.0734. The maximum Gasteiger partial charge on any atom is 0.278 e. The lowest BCUT2D eigenvalue weighted by Crippen LogP contribution is -2.24. The molecule has 0 aromatic carbocycles. The van der Waals surface area contributed by atoms with Crippen molar-refractivity contribution in [1.82, 2.24) is 24.3 Å². The van der Waals surface area contributed by atoms with Gasteiger partial charge in [0, 0.05) is 30.2 Å². The molecule has 0 atom stereocenters. The zero-order valence-corrected chi connectivity index (χ0v) is 20.4. The highest BCUT2D eigenvalue weighted by Gasteiger charge is 2.24. The number of rotatable bonds is 6. The van der Waals surface area contributed by atoms with Crippen LogP contribution in [-0.4, -0.2) is 29.4 Å². The number of aliphatic hydroxyl groups is 1. The third-order valence-electron chi connectivity index (χ3n) is 5.36. The summed E-state index contributed by atoms with van der Waals surface area (Å²) in [4.78, 5) is 20.9. The maximum absolute atomic E-state index is 15.7. The van der Waals surface area contributed by atoms with Gasteiger partial charge in [0.1, 0.15) is 34.5 Å². The van der Waals surface area contributed by atoms with Crippen molar-refractivity contribution in [3.05, 3.63) is 92.3 Å². The predicted octanol–water partition coefficient (Wildman–Crippen LogP) is 4.31. The monoisotopic (exact) mass is 519 g/mol. The van der Waals surface area contributed by atoms with E-state index in [1.54, 1.807) is 27.7 Å². The molecule has 0 saturated carbocycles. The lowest BCUT2D eigenvalue weighted by Gasteiger charge is -2.18. The minimum atomic E-state index is -1.25. The summed E-state index contributed by atoms with van der Waals surface area (Å²) in [5, 5.41) is 14.0. The predicted molar refractivity (Wildman–Crippen MR) is 125 cm³/mol. The summed E-state index contributed by atoms with van der Waals surface area (Å²) in [5.74, 6) is -2.85. The Morgan fingerprint density at radius 3 is 2.50 bits per heavy atom. The molecule has 0 radical (unpaired) electrons. The second kappa shape index (κ2) is 9.40. The molecule has 188 valence electrons. The van der Waals surface area contributed by atoms with Crippen LogP contribution in [0.4, 0.5) is 13.2 Å². The van der Waals surface area contributed by atoms with E-state index in [1.807, 2.05) is 0 Å². The minimum absolute atomic E-state index is 0.0739. The van der Waals surface area contributed by atoms with Gasteiger partial charge < -0.3 is 9.84 Å². The standard InChI is InChI=1S/C24H21ClF3N5O3/c1-12-9-30-22(32-6-5-18(31-32)24(3,4)35)20(28)21(12)33-13(2)7-17(19(25)23(33)34)36-11-16-15(27)8-14(26)10-29-16/h5-10,35H,11H2,1-4H3. The molecular weight excluding hydrogens is 499 g/mol. The quantitative estimate of drug-likeness (QED) is 0.408. The number of aryl methyl sites for hydroxylation is 2. The van der Waals surface area contributed by atoms with Crippen LogP contribution in [0.15, 0.2) is 41.6 Å². The fraction of sp³-hybridized carbons (Fsp3) is 0.250. The van der Waals surface area contributed by atoms with E-state index < -0.39 is 35.2 Å². The maximum atomic E-state index is 15.7. The van der Waals surface area contributed by atoms with Crippen LogP contribution in [0.2, 0.25) is 5.02 Å². The molecule has 0 aliphatic rings. The summed E-state index contributed by atoms with van der Waals surface area (Å²) in [5.41, 5.74) is -1.39. The smallest absolute Gasteiger partial charge is 0.278 e. The summed E-state index contributed by atoms with van der Waals surface area (Å²) in [6.45, 7) is 5.79. The van der Waals surface area contributed by atoms with Gasteiger partial charge in [0.2, 0.25) is 0 Å². The topological polar surface area (TPSA) is 95.1 Å². The average molecular weight is 520 g/mol. The number of halogens is 4. The largest absolute Gasteiger partial charge is 0.485 e. The van der Waals surface area contributed by atoms with Crippen molar-refractivity contribution in [2.24, 2.45) is 0 Å². The highest BCUT2D eigenvalue weighted by atomic mass is 35.5. The van der Waals surface area contributed by atoms with Crippen LogP contribution < -0.4 is 10.3 Å². The van der Waals surface area contributed by atoms with Gasteiger partial charge in [-0.3, -0.25) is 14.3 Å². The van der Waals surface area contributed by atoms with Crippen molar-refractivity contribution in [3.63, 3.8) is 0 Å². The van der Waals surface area contributed by atoms with Crippen LogP contribution >= 0.6 is 11.6 Å². The lowest BCUT2D eigenvalue weighted by atomic mass is 10.1. The van der Waals surface area contributed by atoms with Crippen LogP contribution in [0, 0.1) is 31.3 Å². The molecule has 0 unspecified atom stereocenters. The average Bonchev–Trinajstić information content (AvgIpc) is 3.29. The summed E-state index contributed by atoms with van der Waals surface area (Å²) in [6, 6.07) is 3.58. The van der Waals surface area contributed by atoms with Gasteiger partial charge in [-0.1, -0.05) is 11.6 Å². The van der Waals surface area contributed by atoms with E-state index in [2.05, 4.69) is 15.1 Å². The van der Waals surface area contributed by atoms with Gasteiger partial charge in [0.25, 0.3) is 5.56 Å². The first-order valence-corrected chi connectivity index (χ1v) is 11.1. The van der Waals surface area contributed by atoms with Gasteiger partial charge in [0.15, 0.2) is 17.5 Å². The second-order valence-corrected chi connectivity index (χ2v) is 8.99. The number of ether oxygens (including phenoxy) is 1. The number of pyridine rings is 3. The number of hydrogen-bond donors (Lipinski definition) is 1. The summed E-state index contributed by atoms with van der Waals surface area (Å²) in [7, 11) is 0. The Balaban J connectivity index is 1.75. The Morgan fingerprint density at radius 2 is 1.86 bits per heavy atom. The van der Waals surface area contributed by atoms with Crippen LogP contribution in [0.1, 0.15) is 36.5 Å². The second-order valence-electron chi connectivity index (χ2n) is 8.61. The van der Waals surface area contributed by atoms with Crippen molar-refractivity contribution >= 4 is 11.6 Å². The van der Waals surface area contributed by atoms with Crippen LogP contribution in [0.5, 0.6) is 5.75 Å². The summed E-state index contributed by atoms with van der Waals surface area (Å²) in [6.07, 6.45) is 3.66. The Bertz CT molecular complexity index is 1530. The van der Waals surface area contributed by atoms with E-state index in [4.69, 9.17) is 16.3 Å². The van der Waals surface area contributed by atoms with Gasteiger partial charge in [-0.05, 0) is 39.3 Å². The summed E-state index contributed by atoms with van der Waals surface area (Å²) < 4.78 is 50.4. The highest BCUT2D eigenvalue weighted by molar-refractivity contribution is 6.31. The molecule has 4 rings (SSSR count). The highest BCUT2D eigenvalue weighted by Crippen LogP contribution is 2.28. The zero-order chi connectivity index (χ0) is 26.4. The van der Waals surface area contributed by atoms with Crippen LogP contribution in [-0.2, 0) is 12.2 Å². The third-order valence-corrected chi connectivity index (χ3v) is 5.71. The Labute approximate surface area is 208 Å². The van der Waals surface area contributed by atoms with Gasteiger partial charge in [-0.2, -0.15) is 5.10 Å². The molecule has 0 amide bonds. The Morgan fingerprint density at radius 1 is 1.14 bits per heavy atom. The first kappa shape index (κ1) is 25.4. The molecule has 4 heterocycles. The van der Waals surface area contributed by atoms with Gasteiger partial charge in [-0.25, -0.2) is 22.8 Å². The molecule has 0 aliphatic heterocycles. The van der Waals surface area contributed by atoms with Gasteiger partial charge in [-0.15, -0.1) is 0 Å². The molecule has 0 saturated heterocycles. The molecule has 1 N–H and O–H groups in total. The van der Waals surface area contributed by atoms with Crippen molar-refractivity contribution in [2.45, 2.75) is 39.9 Å². The van der Waals surface area contributed by atoms with Gasteiger partial charge in [0.05, 0.1) is 17.6 Å². The number of hydrogen-bond acceptors (Lipinski definition) is 6. The Kier molecular flexibility index (Phi) is 6.63. The van der Waals surface area contributed by atoms with E-state index in [-0.39, 0.29) is 33.7 Å². The number of aromatic nitrogens is 5. The van der Waals surface area contributed by atoms with Crippen molar-refractivity contribution in [2.75, 3.05) is 0 Å². The third kappa shape index (κ3) is 4.71. The van der Waals surface area contributed by atoms with Crippen molar-refractivity contribution in [3.8, 4) is 17.3 Å². The summed E-state index contributed by atoms with van der Waals surface area (Å²) >= 11 is 6.25. The Hall–Kier alpha value is -3.70.